The lowest BCUT2D eigenvalue weighted by atomic mass is 9.98. The molecule has 1 N–H and O–H groups in total. The van der Waals surface area contributed by atoms with Crippen LogP contribution in [0.5, 0.6) is 0 Å². The SMILES string of the molecule is C=CC(=O)NCC1(C)CCCN1C(=O)c1cccnc1. The molecule has 20 heavy (non-hydrogen) atoms. The maximum atomic E-state index is 12.5. The van der Waals surface area contributed by atoms with Gasteiger partial charge in [0.15, 0.2) is 0 Å². The Morgan fingerprint density at radius 3 is 3.05 bits per heavy atom. The van der Waals surface area contributed by atoms with E-state index >= 15 is 0 Å². The highest BCUT2D eigenvalue weighted by Crippen LogP contribution is 2.29. The van der Waals surface area contributed by atoms with Gasteiger partial charge in [-0.25, -0.2) is 0 Å². The Hall–Kier alpha value is -2.17. The number of carbonyl (C=O) groups excluding carboxylic acids is 2. The molecule has 2 rings (SSSR count). The van der Waals surface area contributed by atoms with Crippen molar-refractivity contribution in [1.82, 2.24) is 15.2 Å². The van der Waals surface area contributed by atoms with Crippen molar-refractivity contribution in [2.45, 2.75) is 25.3 Å². The highest BCUT2D eigenvalue weighted by molar-refractivity contribution is 5.94. The van der Waals surface area contributed by atoms with Crippen molar-refractivity contribution in [3.63, 3.8) is 0 Å². The normalized spacial score (nSPS) is 21.6. The molecule has 5 heteroatoms. The monoisotopic (exact) mass is 273 g/mol. The molecule has 2 amide bonds. The number of rotatable bonds is 4. The second-order valence-electron chi connectivity index (χ2n) is 5.22. The fourth-order valence-corrected chi connectivity index (χ4v) is 2.55. The van der Waals surface area contributed by atoms with Gasteiger partial charge in [0.2, 0.25) is 5.91 Å². The van der Waals surface area contributed by atoms with E-state index in [1.165, 1.54) is 6.08 Å². The van der Waals surface area contributed by atoms with Gasteiger partial charge >= 0.3 is 0 Å². The van der Waals surface area contributed by atoms with Crippen LogP contribution in [0.15, 0.2) is 37.2 Å². The highest BCUT2D eigenvalue weighted by Gasteiger charge is 2.39. The van der Waals surface area contributed by atoms with Gasteiger partial charge in [-0.3, -0.25) is 14.6 Å². The Morgan fingerprint density at radius 2 is 2.40 bits per heavy atom. The van der Waals surface area contributed by atoms with Crippen molar-refractivity contribution in [2.75, 3.05) is 13.1 Å². The fraction of sp³-hybridized carbons (Fsp3) is 0.400. The third-order valence-corrected chi connectivity index (χ3v) is 3.73. The van der Waals surface area contributed by atoms with Gasteiger partial charge in [-0.15, -0.1) is 0 Å². The minimum absolute atomic E-state index is 0.0362. The summed E-state index contributed by atoms with van der Waals surface area (Å²) in [6, 6.07) is 3.51. The molecule has 106 valence electrons. The van der Waals surface area contributed by atoms with Gasteiger partial charge in [-0.05, 0) is 38.0 Å². The molecule has 1 aromatic rings. The van der Waals surface area contributed by atoms with Crippen molar-refractivity contribution in [1.29, 1.82) is 0 Å². The van der Waals surface area contributed by atoms with E-state index in [1.54, 1.807) is 24.5 Å². The van der Waals surface area contributed by atoms with Crippen LogP contribution >= 0.6 is 0 Å². The van der Waals surface area contributed by atoms with Gasteiger partial charge < -0.3 is 10.2 Å². The molecule has 1 aliphatic rings. The summed E-state index contributed by atoms with van der Waals surface area (Å²) in [5.41, 5.74) is 0.224. The van der Waals surface area contributed by atoms with Crippen LogP contribution in [0.25, 0.3) is 0 Å². The summed E-state index contributed by atoms with van der Waals surface area (Å²) in [7, 11) is 0. The summed E-state index contributed by atoms with van der Waals surface area (Å²) in [4.78, 5) is 29.7. The van der Waals surface area contributed by atoms with Crippen LogP contribution in [-0.4, -0.2) is 40.3 Å². The molecule has 1 aliphatic heterocycles. The zero-order chi connectivity index (χ0) is 14.6. The van der Waals surface area contributed by atoms with Gasteiger partial charge in [0.05, 0.1) is 11.1 Å². The second-order valence-corrected chi connectivity index (χ2v) is 5.22. The van der Waals surface area contributed by atoms with Crippen molar-refractivity contribution < 1.29 is 9.59 Å². The van der Waals surface area contributed by atoms with Crippen LogP contribution in [-0.2, 0) is 4.79 Å². The molecule has 1 aromatic heterocycles. The van der Waals surface area contributed by atoms with Crippen molar-refractivity contribution >= 4 is 11.8 Å². The minimum atomic E-state index is -0.356. The van der Waals surface area contributed by atoms with Crippen molar-refractivity contribution in [2.24, 2.45) is 0 Å². The first-order valence-corrected chi connectivity index (χ1v) is 6.69. The number of nitrogens with one attached hydrogen (secondary N) is 1. The van der Waals surface area contributed by atoms with Crippen LogP contribution in [0, 0.1) is 0 Å². The van der Waals surface area contributed by atoms with E-state index in [2.05, 4.69) is 16.9 Å². The van der Waals surface area contributed by atoms with Gasteiger partial charge in [-0.2, -0.15) is 0 Å². The predicted molar refractivity (Wildman–Crippen MR) is 76.1 cm³/mol. The van der Waals surface area contributed by atoms with Gasteiger partial charge in [0.1, 0.15) is 0 Å². The van der Waals surface area contributed by atoms with E-state index in [9.17, 15) is 9.59 Å². The quantitative estimate of drug-likeness (QED) is 0.843. The molecule has 0 bridgehead atoms. The summed E-state index contributed by atoms with van der Waals surface area (Å²) < 4.78 is 0. The van der Waals surface area contributed by atoms with E-state index in [-0.39, 0.29) is 17.4 Å². The second kappa shape index (κ2) is 5.86. The van der Waals surface area contributed by atoms with Crippen LogP contribution < -0.4 is 5.32 Å². The molecule has 0 spiro atoms. The molecule has 1 unspecified atom stereocenters. The van der Waals surface area contributed by atoms with Crippen LogP contribution in [0.2, 0.25) is 0 Å². The molecule has 0 aromatic carbocycles. The number of nitrogens with zero attached hydrogens (tertiary/aromatic N) is 2. The van der Waals surface area contributed by atoms with Gasteiger partial charge in [-0.1, -0.05) is 6.58 Å². The largest absolute Gasteiger partial charge is 0.350 e. The zero-order valence-electron chi connectivity index (χ0n) is 11.6. The summed E-state index contributed by atoms with van der Waals surface area (Å²) in [6.07, 6.45) is 6.27. The van der Waals surface area contributed by atoms with Gasteiger partial charge in [0, 0.05) is 25.5 Å². The van der Waals surface area contributed by atoms with Gasteiger partial charge in [0.25, 0.3) is 5.91 Å². The van der Waals surface area contributed by atoms with E-state index in [0.717, 1.165) is 12.8 Å². The third-order valence-electron chi connectivity index (χ3n) is 3.73. The molecule has 0 aliphatic carbocycles. The standard InChI is InChI=1S/C15H19N3O2/c1-3-13(19)17-11-15(2)7-5-9-18(15)14(20)12-6-4-8-16-10-12/h3-4,6,8,10H,1,5,7,9,11H2,2H3,(H,17,19). The Kier molecular flexibility index (Phi) is 4.17. The van der Waals surface area contributed by atoms with Crippen molar-refractivity contribution in [3.8, 4) is 0 Å². The topological polar surface area (TPSA) is 62.3 Å². The lowest BCUT2D eigenvalue weighted by Gasteiger charge is -2.35. The number of likely N-dealkylation sites (tertiary alicyclic amines) is 1. The third kappa shape index (κ3) is 2.87. The molecule has 2 heterocycles. The molecular formula is C15H19N3O2. The summed E-state index contributed by atoms with van der Waals surface area (Å²) in [5.74, 6) is -0.252. The van der Waals surface area contributed by atoms with Crippen LogP contribution in [0.1, 0.15) is 30.1 Å². The minimum Gasteiger partial charge on any atom is -0.350 e. The number of aromatic nitrogens is 1. The molecule has 1 fully saturated rings. The summed E-state index contributed by atoms with van der Waals surface area (Å²) in [5, 5.41) is 2.78. The number of amides is 2. The average Bonchev–Trinajstić information content (AvgIpc) is 2.87. The average molecular weight is 273 g/mol. The number of carbonyl (C=O) groups is 2. The van der Waals surface area contributed by atoms with E-state index < -0.39 is 0 Å². The number of pyridine rings is 1. The molecule has 0 radical (unpaired) electrons. The van der Waals surface area contributed by atoms with Crippen LogP contribution in [0.4, 0.5) is 0 Å². The summed E-state index contributed by atoms with van der Waals surface area (Å²) >= 11 is 0. The first-order valence-electron chi connectivity index (χ1n) is 6.69. The summed E-state index contributed by atoms with van der Waals surface area (Å²) in [6.45, 7) is 6.56. The van der Waals surface area contributed by atoms with E-state index in [4.69, 9.17) is 0 Å². The smallest absolute Gasteiger partial charge is 0.255 e. The van der Waals surface area contributed by atoms with Crippen molar-refractivity contribution in [3.05, 3.63) is 42.7 Å². The first-order chi connectivity index (χ1) is 9.57. The zero-order valence-corrected chi connectivity index (χ0v) is 11.6. The lowest BCUT2D eigenvalue weighted by molar-refractivity contribution is -0.116. The fourth-order valence-electron chi connectivity index (χ4n) is 2.55. The Bertz CT molecular complexity index is 515. The molecule has 1 atom stereocenters. The Labute approximate surface area is 118 Å². The Morgan fingerprint density at radius 1 is 1.60 bits per heavy atom. The number of hydrogen-bond acceptors (Lipinski definition) is 3. The predicted octanol–water partition coefficient (Wildman–Crippen LogP) is 1.38. The van der Waals surface area contributed by atoms with E-state index in [1.807, 2.05) is 11.8 Å². The maximum Gasteiger partial charge on any atom is 0.255 e. The molecular weight excluding hydrogens is 254 g/mol. The van der Waals surface area contributed by atoms with E-state index in [0.29, 0.717) is 18.7 Å². The number of hydrogen-bond donors (Lipinski definition) is 1. The molecule has 1 saturated heterocycles. The highest BCUT2D eigenvalue weighted by atomic mass is 16.2. The molecule has 5 nitrogen and oxygen atoms in total. The first kappa shape index (κ1) is 14.2. The maximum absolute atomic E-state index is 12.5. The Balaban J connectivity index is 2.12. The molecule has 0 saturated carbocycles. The lowest BCUT2D eigenvalue weighted by Crippen LogP contribution is -2.52. The van der Waals surface area contributed by atoms with Crippen LogP contribution in [0.3, 0.4) is 0 Å².